The largest absolute Gasteiger partial charge is 0.241 e. The third-order valence-electron chi connectivity index (χ3n) is 2.57. The van der Waals surface area contributed by atoms with Crippen LogP contribution in [0, 0.1) is 12.3 Å². The second kappa shape index (κ2) is 4.61. The molecule has 0 N–H and O–H groups in total. The van der Waals surface area contributed by atoms with Gasteiger partial charge in [-0.2, -0.15) is 0 Å². The summed E-state index contributed by atoms with van der Waals surface area (Å²) in [5, 5.41) is 1.24. The van der Waals surface area contributed by atoms with Crippen molar-refractivity contribution >= 4 is 11.3 Å². The second-order valence-corrected chi connectivity index (χ2v) is 6.90. The lowest BCUT2D eigenvalue weighted by Gasteiger charge is -2.15. The maximum absolute atomic E-state index is 4.78. The Morgan fingerprint density at radius 3 is 2.35 bits per heavy atom. The fourth-order valence-corrected chi connectivity index (χ4v) is 3.10. The average molecular weight is 245 g/mol. The molecule has 0 spiro atoms. The smallest absolute Gasteiger partial charge is 0.0940 e. The Hall–Kier alpha value is -1.15. The van der Waals surface area contributed by atoms with Crippen LogP contribution in [0.1, 0.15) is 30.7 Å². The normalized spacial score (nSPS) is 11.8. The van der Waals surface area contributed by atoms with E-state index in [4.69, 9.17) is 4.98 Å². The van der Waals surface area contributed by atoms with Crippen molar-refractivity contribution in [2.75, 3.05) is 0 Å². The predicted octanol–water partition coefficient (Wildman–Crippen LogP) is 4.71. The van der Waals surface area contributed by atoms with Gasteiger partial charge in [-0.05, 0) is 12.3 Å². The van der Waals surface area contributed by atoms with Gasteiger partial charge in [0.2, 0.25) is 0 Å². The summed E-state index contributed by atoms with van der Waals surface area (Å²) in [6.45, 7) is 8.93. The second-order valence-electron chi connectivity index (χ2n) is 5.62. The van der Waals surface area contributed by atoms with Crippen molar-refractivity contribution in [2.45, 2.75) is 34.1 Å². The van der Waals surface area contributed by atoms with Crippen molar-refractivity contribution in [3.05, 3.63) is 40.2 Å². The Bertz CT molecular complexity index is 491. The molecule has 0 bridgehead atoms. The molecule has 2 aromatic rings. The van der Waals surface area contributed by atoms with Crippen molar-refractivity contribution in [3.8, 4) is 11.3 Å². The van der Waals surface area contributed by atoms with E-state index >= 15 is 0 Å². The Kier molecular flexibility index (Phi) is 3.34. The highest BCUT2D eigenvalue weighted by Gasteiger charge is 2.16. The summed E-state index contributed by atoms with van der Waals surface area (Å²) < 4.78 is 0. The molecule has 90 valence electrons. The van der Waals surface area contributed by atoms with Gasteiger partial charge in [-0.1, -0.05) is 51.1 Å². The molecule has 0 aliphatic heterocycles. The number of thiazole rings is 1. The number of benzene rings is 1. The van der Waals surface area contributed by atoms with Gasteiger partial charge in [0.05, 0.1) is 10.7 Å². The Morgan fingerprint density at radius 1 is 1.12 bits per heavy atom. The third-order valence-corrected chi connectivity index (χ3v) is 3.54. The first kappa shape index (κ1) is 12.3. The number of rotatable bonds is 2. The highest BCUT2D eigenvalue weighted by Crippen LogP contribution is 2.30. The maximum Gasteiger partial charge on any atom is 0.0940 e. The van der Waals surface area contributed by atoms with Crippen LogP contribution in [0.15, 0.2) is 30.3 Å². The van der Waals surface area contributed by atoms with Crippen LogP contribution in [0.3, 0.4) is 0 Å². The van der Waals surface area contributed by atoms with Gasteiger partial charge < -0.3 is 0 Å². The average Bonchev–Trinajstić information content (AvgIpc) is 2.58. The van der Waals surface area contributed by atoms with E-state index in [1.165, 1.54) is 15.4 Å². The molecule has 1 aromatic heterocycles. The molecular weight excluding hydrogens is 226 g/mol. The summed E-state index contributed by atoms with van der Waals surface area (Å²) in [4.78, 5) is 6.10. The van der Waals surface area contributed by atoms with E-state index in [1.807, 2.05) is 17.4 Å². The number of nitrogens with zero attached hydrogens (tertiary/aromatic N) is 1. The summed E-state index contributed by atoms with van der Waals surface area (Å²) in [6.07, 6.45) is 1.05. The zero-order valence-electron chi connectivity index (χ0n) is 10.9. The monoisotopic (exact) mass is 245 g/mol. The summed E-state index contributed by atoms with van der Waals surface area (Å²) in [6, 6.07) is 10.4. The molecule has 0 aliphatic rings. The first-order valence-electron chi connectivity index (χ1n) is 5.97. The van der Waals surface area contributed by atoms with Gasteiger partial charge in [0, 0.05) is 16.9 Å². The van der Waals surface area contributed by atoms with Crippen molar-refractivity contribution in [1.29, 1.82) is 0 Å². The molecule has 0 unspecified atom stereocenters. The minimum Gasteiger partial charge on any atom is -0.241 e. The molecule has 17 heavy (non-hydrogen) atoms. The van der Waals surface area contributed by atoms with Gasteiger partial charge in [0.15, 0.2) is 0 Å². The van der Waals surface area contributed by atoms with Gasteiger partial charge in [0.1, 0.15) is 0 Å². The summed E-state index contributed by atoms with van der Waals surface area (Å²) >= 11 is 1.82. The number of hydrogen-bond acceptors (Lipinski definition) is 2. The Morgan fingerprint density at radius 2 is 1.76 bits per heavy atom. The van der Waals surface area contributed by atoms with Gasteiger partial charge in [0.25, 0.3) is 0 Å². The van der Waals surface area contributed by atoms with Crippen molar-refractivity contribution in [1.82, 2.24) is 4.98 Å². The van der Waals surface area contributed by atoms with Crippen LogP contribution < -0.4 is 0 Å². The highest BCUT2D eigenvalue weighted by atomic mass is 32.1. The quantitative estimate of drug-likeness (QED) is 0.747. The van der Waals surface area contributed by atoms with Crippen LogP contribution in [-0.2, 0) is 6.42 Å². The van der Waals surface area contributed by atoms with Crippen molar-refractivity contribution < 1.29 is 0 Å². The van der Waals surface area contributed by atoms with Gasteiger partial charge >= 0.3 is 0 Å². The molecule has 2 rings (SSSR count). The fourth-order valence-electron chi connectivity index (χ4n) is 1.84. The standard InChI is InChI=1S/C15H19NS/c1-11-14(12-8-6-5-7-9-12)16-13(17-11)10-15(2,3)4/h5-9H,10H2,1-4H3. The first-order valence-corrected chi connectivity index (χ1v) is 6.79. The highest BCUT2D eigenvalue weighted by molar-refractivity contribution is 7.12. The van der Waals surface area contributed by atoms with E-state index in [2.05, 4.69) is 52.0 Å². The molecule has 0 radical (unpaired) electrons. The zero-order chi connectivity index (χ0) is 12.5. The summed E-state index contributed by atoms with van der Waals surface area (Å²) in [5.41, 5.74) is 2.68. The van der Waals surface area contributed by atoms with E-state index in [0.717, 1.165) is 12.1 Å². The molecule has 1 aromatic carbocycles. The van der Waals surface area contributed by atoms with Gasteiger partial charge in [-0.3, -0.25) is 0 Å². The van der Waals surface area contributed by atoms with Crippen molar-refractivity contribution in [2.24, 2.45) is 5.41 Å². The number of aromatic nitrogens is 1. The molecule has 0 saturated heterocycles. The molecule has 0 amide bonds. The van der Waals surface area contributed by atoms with Crippen LogP contribution in [-0.4, -0.2) is 4.98 Å². The third kappa shape index (κ3) is 3.16. The van der Waals surface area contributed by atoms with E-state index in [-0.39, 0.29) is 0 Å². The molecule has 1 heterocycles. The molecule has 0 fully saturated rings. The first-order chi connectivity index (χ1) is 7.96. The minimum atomic E-state index is 0.304. The number of hydrogen-bond donors (Lipinski definition) is 0. The van der Waals surface area contributed by atoms with Crippen LogP contribution in [0.2, 0.25) is 0 Å². The summed E-state index contributed by atoms with van der Waals surface area (Å²) in [5.74, 6) is 0. The molecule has 1 nitrogen and oxygen atoms in total. The molecule has 0 atom stereocenters. The molecule has 0 saturated carbocycles. The maximum atomic E-state index is 4.78. The van der Waals surface area contributed by atoms with Crippen LogP contribution >= 0.6 is 11.3 Å². The fraction of sp³-hybridized carbons (Fsp3) is 0.400. The summed E-state index contributed by atoms with van der Waals surface area (Å²) in [7, 11) is 0. The van der Waals surface area contributed by atoms with E-state index in [1.54, 1.807) is 0 Å². The molecular formula is C15H19NS. The van der Waals surface area contributed by atoms with Gasteiger partial charge in [-0.15, -0.1) is 11.3 Å². The van der Waals surface area contributed by atoms with E-state index < -0.39 is 0 Å². The lowest BCUT2D eigenvalue weighted by Crippen LogP contribution is -2.08. The van der Waals surface area contributed by atoms with Crippen LogP contribution in [0.5, 0.6) is 0 Å². The minimum absolute atomic E-state index is 0.304. The van der Waals surface area contributed by atoms with E-state index in [0.29, 0.717) is 5.41 Å². The number of aryl methyl sites for hydroxylation is 1. The van der Waals surface area contributed by atoms with Crippen LogP contribution in [0.4, 0.5) is 0 Å². The zero-order valence-corrected chi connectivity index (χ0v) is 11.8. The molecule has 0 aliphatic carbocycles. The Balaban J connectivity index is 2.32. The van der Waals surface area contributed by atoms with E-state index in [9.17, 15) is 0 Å². The molecule has 2 heteroatoms. The Labute approximate surface area is 108 Å². The lowest BCUT2D eigenvalue weighted by molar-refractivity contribution is 0.410. The van der Waals surface area contributed by atoms with Crippen molar-refractivity contribution in [3.63, 3.8) is 0 Å². The predicted molar refractivity (Wildman–Crippen MR) is 75.4 cm³/mol. The van der Waals surface area contributed by atoms with Crippen LogP contribution in [0.25, 0.3) is 11.3 Å². The topological polar surface area (TPSA) is 12.9 Å². The van der Waals surface area contributed by atoms with Gasteiger partial charge in [-0.25, -0.2) is 4.98 Å². The SMILES string of the molecule is Cc1sc(CC(C)(C)C)nc1-c1ccccc1. The lowest BCUT2D eigenvalue weighted by atomic mass is 9.93.